The number of carbonyl (C=O) groups excluding carboxylic acids is 1. The van der Waals surface area contributed by atoms with Gasteiger partial charge in [0.1, 0.15) is 11.5 Å². The van der Waals surface area contributed by atoms with Crippen molar-refractivity contribution in [2.75, 3.05) is 32.8 Å². The highest BCUT2D eigenvalue weighted by molar-refractivity contribution is 6.03. The summed E-state index contributed by atoms with van der Waals surface area (Å²) in [6.45, 7) is 8.27. The third-order valence-corrected chi connectivity index (χ3v) is 6.79. The van der Waals surface area contributed by atoms with Crippen molar-refractivity contribution in [1.29, 1.82) is 0 Å². The predicted octanol–water partition coefficient (Wildman–Crippen LogP) is 4.98. The van der Waals surface area contributed by atoms with E-state index in [2.05, 4.69) is 15.4 Å². The highest BCUT2D eigenvalue weighted by atomic mass is 16.5. The first-order valence-electron chi connectivity index (χ1n) is 12.8. The van der Waals surface area contributed by atoms with Gasteiger partial charge in [0.05, 0.1) is 24.3 Å². The molecule has 5 rings (SSSR count). The van der Waals surface area contributed by atoms with Crippen LogP contribution in [0.4, 0.5) is 0 Å². The number of hydrogen-bond acceptors (Lipinski definition) is 7. The van der Waals surface area contributed by atoms with Gasteiger partial charge in [-0.1, -0.05) is 53.7 Å². The molecule has 0 atom stereocenters. The van der Waals surface area contributed by atoms with Crippen LogP contribution in [0.2, 0.25) is 0 Å². The van der Waals surface area contributed by atoms with E-state index < -0.39 is 0 Å². The summed E-state index contributed by atoms with van der Waals surface area (Å²) < 4.78 is 11.2. The fraction of sp³-hybridized carbons (Fsp3) is 0.267. The molecule has 4 aromatic rings. The molecular formula is C30H31N3O5. The molecule has 196 valence electrons. The average molecular weight is 514 g/mol. The van der Waals surface area contributed by atoms with Crippen LogP contribution < -0.4 is 5.32 Å². The summed E-state index contributed by atoms with van der Waals surface area (Å²) in [5.74, 6) is -0.353. The van der Waals surface area contributed by atoms with Gasteiger partial charge in [-0.05, 0) is 42.2 Å². The maximum absolute atomic E-state index is 12.9. The Morgan fingerprint density at radius 1 is 0.974 bits per heavy atom. The molecule has 0 bridgehead atoms. The van der Waals surface area contributed by atoms with Crippen LogP contribution in [0, 0.1) is 6.92 Å². The van der Waals surface area contributed by atoms with E-state index in [9.17, 15) is 15.0 Å². The fourth-order valence-corrected chi connectivity index (χ4v) is 4.79. The van der Waals surface area contributed by atoms with E-state index in [1.165, 1.54) is 6.07 Å². The average Bonchev–Trinajstić information content (AvgIpc) is 3.36. The zero-order valence-corrected chi connectivity index (χ0v) is 21.5. The number of phenols is 2. The zero-order chi connectivity index (χ0) is 26.6. The molecule has 1 saturated heterocycles. The summed E-state index contributed by atoms with van der Waals surface area (Å²) in [6.07, 6.45) is 0. The number of nitrogens with zero attached hydrogens (tertiary/aromatic N) is 2. The number of aryl methyl sites for hydroxylation is 1. The smallest absolute Gasteiger partial charge is 0.274 e. The van der Waals surface area contributed by atoms with Crippen molar-refractivity contribution in [2.24, 2.45) is 0 Å². The number of hydrogen-bond donors (Lipinski definition) is 3. The summed E-state index contributed by atoms with van der Waals surface area (Å²) in [5, 5.41) is 28.4. The van der Waals surface area contributed by atoms with Gasteiger partial charge in [0.15, 0.2) is 11.5 Å². The number of ether oxygens (including phenoxy) is 1. The molecule has 2 heterocycles. The summed E-state index contributed by atoms with van der Waals surface area (Å²) in [7, 11) is 0. The molecule has 1 fully saturated rings. The number of morpholine rings is 1. The Hall–Kier alpha value is -4.14. The van der Waals surface area contributed by atoms with Gasteiger partial charge in [-0.15, -0.1) is 0 Å². The second kappa shape index (κ2) is 11.1. The largest absolute Gasteiger partial charge is 0.507 e. The number of aromatic nitrogens is 1. The van der Waals surface area contributed by atoms with Gasteiger partial charge in [-0.3, -0.25) is 9.69 Å². The van der Waals surface area contributed by atoms with Crippen molar-refractivity contribution in [3.05, 3.63) is 77.5 Å². The molecular weight excluding hydrogens is 482 g/mol. The minimum Gasteiger partial charge on any atom is -0.507 e. The second-order valence-corrected chi connectivity index (χ2v) is 9.38. The Morgan fingerprint density at radius 3 is 2.39 bits per heavy atom. The predicted molar refractivity (Wildman–Crippen MR) is 145 cm³/mol. The first-order valence-corrected chi connectivity index (χ1v) is 12.8. The summed E-state index contributed by atoms with van der Waals surface area (Å²) in [6, 6.07) is 18.6. The van der Waals surface area contributed by atoms with Gasteiger partial charge in [-0.2, -0.15) is 0 Å². The van der Waals surface area contributed by atoms with E-state index >= 15 is 0 Å². The van der Waals surface area contributed by atoms with Crippen molar-refractivity contribution in [2.45, 2.75) is 20.4 Å². The lowest BCUT2D eigenvalue weighted by atomic mass is 9.93. The van der Waals surface area contributed by atoms with Crippen LogP contribution in [0.5, 0.6) is 11.5 Å². The Bertz CT molecular complexity index is 1440. The summed E-state index contributed by atoms with van der Waals surface area (Å²) in [5.41, 5.74) is 5.15. The van der Waals surface area contributed by atoms with Crippen LogP contribution >= 0.6 is 0 Å². The number of carbonyl (C=O) groups is 1. The lowest BCUT2D eigenvalue weighted by Gasteiger charge is -2.26. The maximum atomic E-state index is 12.9. The van der Waals surface area contributed by atoms with Gasteiger partial charge in [0.25, 0.3) is 5.91 Å². The molecule has 1 aliphatic rings. The maximum Gasteiger partial charge on any atom is 0.274 e. The molecule has 1 aromatic heterocycles. The molecule has 0 unspecified atom stereocenters. The van der Waals surface area contributed by atoms with E-state index in [0.717, 1.165) is 55.1 Å². The van der Waals surface area contributed by atoms with E-state index in [1.54, 1.807) is 6.07 Å². The minimum absolute atomic E-state index is 0.0574. The molecule has 1 aliphatic heterocycles. The van der Waals surface area contributed by atoms with Gasteiger partial charge >= 0.3 is 0 Å². The molecule has 38 heavy (non-hydrogen) atoms. The zero-order valence-electron chi connectivity index (χ0n) is 21.5. The Kier molecular flexibility index (Phi) is 7.44. The molecule has 0 saturated carbocycles. The normalized spacial score (nSPS) is 13.9. The number of rotatable bonds is 7. The molecule has 0 spiro atoms. The number of nitrogens with one attached hydrogen (secondary N) is 1. The third kappa shape index (κ3) is 5.14. The SMILES string of the molecule is CCNC(=O)c1noc(-c2cc(-c3ccccc3C)c(O)cc2O)c1-c1ccc(CN2CCOCC2)cc1. The lowest BCUT2D eigenvalue weighted by molar-refractivity contribution is 0.0342. The first kappa shape index (κ1) is 25.5. The van der Waals surface area contributed by atoms with E-state index in [4.69, 9.17) is 9.26 Å². The number of aromatic hydroxyl groups is 2. The number of benzene rings is 3. The number of phenolic OH excluding ortho intramolecular Hbond substituents is 2. The second-order valence-electron chi connectivity index (χ2n) is 9.38. The minimum atomic E-state index is -0.368. The number of amides is 1. The van der Waals surface area contributed by atoms with E-state index in [1.807, 2.05) is 62.4 Å². The highest BCUT2D eigenvalue weighted by Gasteiger charge is 2.27. The first-order chi connectivity index (χ1) is 18.5. The molecule has 8 nitrogen and oxygen atoms in total. The van der Waals surface area contributed by atoms with Crippen molar-refractivity contribution in [3.63, 3.8) is 0 Å². The van der Waals surface area contributed by atoms with Crippen LogP contribution in [0.25, 0.3) is 33.6 Å². The van der Waals surface area contributed by atoms with Gasteiger partial charge in [0, 0.05) is 37.8 Å². The van der Waals surface area contributed by atoms with Crippen LogP contribution in [-0.2, 0) is 11.3 Å². The summed E-state index contributed by atoms with van der Waals surface area (Å²) >= 11 is 0. The Labute approximate surface area is 221 Å². The molecule has 3 aromatic carbocycles. The standard InChI is InChI=1S/C30H31N3O5/c1-3-31-30(36)28-27(21-10-8-20(9-11-21)18-33-12-14-37-15-13-33)29(38-32-28)24-16-23(25(34)17-26(24)35)22-7-5-4-6-19(22)2/h4-11,16-17,34-35H,3,12-15,18H2,1-2H3,(H,31,36). The quantitative estimate of drug-likeness (QED) is 0.320. The van der Waals surface area contributed by atoms with E-state index in [0.29, 0.717) is 23.2 Å². The van der Waals surface area contributed by atoms with Crippen LogP contribution in [0.3, 0.4) is 0 Å². The third-order valence-electron chi connectivity index (χ3n) is 6.79. The molecule has 0 aliphatic carbocycles. The Balaban J connectivity index is 1.59. The summed E-state index contributed by atoms with van der Waals surface area (Å²) in [4.78, 5) is 15.3. The highest BCUT2D eigenvalue weighted by Crippen LogP contribution is 2.44. The monoisotopic (exact) mass is 513 g/mol. The van der Waals surface area contributed by atoms with Gasteiger partial charge in [0.2, 0.25) is 0 Å². The van der Waals surface area contributed by atoms with Gasteiger partial charge < -0.3 is 24.8 Å². The fourth-order valence-electron chi connectivity index (χ4n) is 4.79. The molecule has 3 N–H and O–H groups in total. The van der Waals surface area contributed by atoms with Crippen molar-refractivity contribution >= 4 is 5.91 Å². The van der Waals surface area contributed by atoms with Crippen molar-refractivity contribution in [1.82, 2.24) is 15.4 Å². The lowest BCUT2D eigenvalue weighted by Crippen LogP contribution is -2.35. The Morgan fingerprint density at radius 2 is 1.68 bits per heavy atom. The topological polar surface area (TPSA) is 108 Å². The van der Waals surface area contributed by atoms with Crippen LogP contribution in [0.1, 0.15) is 28.5 Å². The van der Waals surface area contributed by atoms with E-state index in [-0.39, 0.29) is 28.9 Å². The van der Waals surface area contributed by atoms with Crippen molar-refractivity contribution < 1.29 is 24.3 Å². The molecule has 8 heteroatoms. The van der Waals surface area contributed by atoms with Crippen molar-refractivity contribution in [3.8, 4) is 45.1 Å². The van der Waals surface area contributed by atoms with Crippen LogP contribution in [-0.4, -0.2) is 59.0 Å². The van der Waals surface area contributed by atoms with Crippen LogP contribution in [0.15, 0.2) is 65.2 Å². The molecule has 1 amide bonds. The molecule has 0 radical (unpaired) electrons. The van der Waals surface area contributed by atoms with Gasteiger partial charge in [-0.25, -0.2) is 0 Å².